The van der Waals surface area contributed by atoms with E-state index in [1.54, 1.807) is 19.1 Å². The van der Waals surface area contributed by atoms with Crippen LogP contribution < -0.4 is 14.2 Å². The Morgan fingerprint density at radius 2 is 2.06 bits per heavy atom. The molecule has 0 saturated heterocycles. The monoisotopic (exact) mass is 243 g/mol. The minimum absolute atomic E-state index is 0.0809. The Kier molecular flexibility index (Phi) is 3.02. The summed E-state index contributed by atoms with van der Waals surface area (Å²) < 4.78 is 35.3. The predicted molar refractivity (Wildman–Crippen MR) is 58.9 cm³/mol. The van der Waals surface area contributed by atoms with E-state index in [2.05, 4.69) is 4.72 Å². The molecule has 0 spiro atoms. The lowest BCUT2D eigenvalue weighted by atomic mass is 10.2. The molecule has 0 bridgehead atoms. The van der Waals surface area contributed by atoms with Gasteiger partial charge in [-0.1, -0.05) is 6.07 Å². The maximum absolute atomic E-state index is 11.2. The van der Waals surface area contributed by atoms with Gasteiger partial charge in [-0.15, -0.1) is 0 Å². The van der Waals surface area contributed by atoms with E-state index in [9.17, 15) is 8.42 Å². The highest BCUT2D eigenvalue weighted by Crippen LogP contribution is 2.32. The standard InChI is InChI=1S/C10H13NO4S/c1-2-16(12,13)11-6-8-3-4-9-10(5-8)15-7-14-9/h3-5,11H,2,6-7H2,1H3. The van der Waals surface area contributed by atoms with Gasteiger partial charge in [0.25, 0.3) is 0 Å². The van der Waals surface area contributed by atoms with Gasteiger partial charge in [0, 0.05) is 6.54 Å². The highest BCUT2D eigenvalue weighted by molar-refractivity contribution is 7.89. The third-order valence-electron chi connectivity index (χ3n) is 2.31. The fourth-order valence-electron chi connectivity index (χ4n) is 1.35. The van der Waals surface area contributed by atoms with Crippen molar-refractivity contribution >= 4 is 10.0 Å². The maximum Gasteiger partial charge on any atom is 0.231 e. The zero-order valence-electron chi connectivity index (χ0n) is 8.89. The smallest absolute Gasteiger partial charge is 0.231 e. The molecule has 2 rings (SSSR count). The van der Waals surface area contributed by atoms with Crippen LogP contribution in [0.2, 0.25) is 0 Å². The Morgan fingerprint density at radius 1 is 1.31 bits per heavy atom. The minimum atomic E-state index is -3.15. The molecule has 1 aliphatic rings. The average Bonchev–Trinajstić information content (AvgIpc) is 2.73. The third-order valence-corrected chi connectivity index (χ3v) is 3.66. The Labute approximate surface area is 94.4 Å². The Morgan fingerprint density at radius 3 is 2.81 bits per heavy atom. The molecule has 6 heteroatoms. The van der Waals surface area contributed by atoms with E-state index in [0.29, 0.717) is 11.5 Å². The SMILES string of the molecule is CCS(=O)(=O)NCc1ccc2c(c1)OCO2. The van der Waals surface area contributed by atoms with E-state index >= 15 is 0 Å². The van der Waals surface area contributed by atoms with Gasteiger partial charge < -0.3 is 9.47 Å². The van der Waals surface area contributed by atoms with E-state index in [4.69, 9.17) is 9.47 Å². The van der Waals surface area contributed by atoms with E-state index in [-0.39, 0.29) is 19.1 Å². The van der Waals surface area contributed by atoms with Crippen LogP contribution in [0.15, 0.2) is 18.2 Å². The lowest BCUT2D eigenvalue weighted by molar-refractivity contribution is 0.174. The van der Waals surface area contributed by atoms with Gasteiger partial charge >= 0.3 is 0 Å². The van der Waals surface area contributed by atoms with Gasteiger partial charge in [0.15, 0.2) is 11.5 Å². The van der Waals surface area contributed by atoms with Crippen LogP contribution in [0.3, 0.4) is 0 Å². The van der Waals surface area contributed by atoms with Gasteiger partial charge in [-0.05, 0) is 24.6 Å². The number of nitrogens with one attached hydrogen (secondary N) is 1. The first-order valence-electron chi connectivity index (χ1n) is 4.96. The summed E-state index contributed by atoms with van der Waals surface area (Å²) in [7, 11) is -3.15. The topological polar surface area (TPSA) is 64.6 Å². The number of hydrogen-bond donors (Lipinski definition) is 1. The van der Waals surface area contributed by atoms with Gasteiger partial charge in [0.2, 0.25) is 16.8 Å². The second-order valence-electron chi connectivity index (χ2n) is 3.41. The van der Waals surface area contributed by atoms with Crippen molar-refractivity contribution in [2.75, 3.05) is 12.5 Å². The number of fused-ring (bicyclic) bond motifs is 1. The minimum Gasteiger partial charge on any atom is -0.454 e. The van der Waals surface area contributed by atoms with Crippen LogP contribution in [0.1, 0.15) is 12.5 Å². The number of sulfonamides is 1. The van der Waals surface area contributed by atoms with Gasteiger partial charge in [0.05, 0.1) is 5.75 Å². The molecule has 1 aromatic rings. The lowest BCUT2D eigenvalue weighted by Crippen LogP contribution is -2.24. The van der Waals surface area contributed by atoms with Crippen LogP contribution in [0.4, 0.5) is 0 Å². The van der Waals surface area contributed by atoms with Crippen molar-refractivity contribution in [3.8, 4) is 11.5 Å². The largest absolute Gasteiger partial charge is 0.454 e. The average molecular weight is 243 g/mol. The van der Waals surface area contributed by atoms with Gasteiger partial charge in [-0.3, -0.25) is 0 Å². The fourth-order valence-corrected chi connectivity index (χ4v) is 1.94. The Hall–Kier alpha value is -1.27. The highest BCUT2D eigenvalue weighted by Gasteiger charge is 2.13. The molecule has 88 valence electrons. The molecule has 16 heavy (non-hydrogen) atoms. The number of hydrogen-bond acceptors (Lipinski definition) is 4. The van der Waals surface area contributed by atoms with Crippen LogP contribution in [0.5, 0.6) is 11.5 Å². The molecule has 0 unspecified atom stereocenters. The van der Waals surface area contributed by atoms with Crippen molar-refractivity contribution in [1.29, 1.82) is 0 Å². The van der Waals surface area contributed by atoms with Crippen LogP contribution in [0, 0.1) is 0 Å². The highest BCUT2D eigenvalue weighted by atomic mass is 32.2. The molecular formula is C10H13NO4S. The second-order valence-corrected chi connectivity index (χ2v) is 5.51. The Balaban J connectivity index is 2.06. The maximum atomic E-state index is 11.2. The number of rotatable bonds is 4. The molecule has 1 aromatic carbocycles. The lowest BCUT2D eigenvalue weighted by Gasteiger charge is -2.05. The summed E-state index contributed by atoms with van der Waals surface area (Å²) in [6.07, 6.45) is 0. The van der Waals surface area contributed by atoms with Crippen molar-refractivity contribution in [2.45, 2.75) is 13.5 Å². The molecule has 0 aliphatic carbocycles. The molecule has 0 aromatic heterocycles. The van der Waals surface area contributed by atoms with Crippen LogP contribution in [-0.4, -0.2) is 21.0 Å². The molecule has 1 heterocycles. The van der Waals surface area contributed by atoms with Crippen LogP contribution >= 0.6 is 0 Å². The van der Waals surface area contributed by atoms with Gasteiger partial charge in [0.1, 0.15) is 0 Å². The van der Waals surface area contributed by atoms with Crippen LogP contribution in [-0.2, 0) is 16.6 Å². The van der Waals surface area contributed by atoms with Crippen molar-refractivity contribution in [2.24, 2.45) is 0 Å². The summed E-state index contributed by atoms with van der Waals surface area (Å²) in [5.74, 6) is 1.44. The molecule has 0 radical (unpaired) electrons. The number of ether oxygens (including phenoxy) is 2. The van der Waals surface area contributed by atoms with Crippen molar-refractivity contribution < 1.29 is 17.9 Å². The molecule has 5 nitrogen and oxygen atoms in total. The van der Waals surface area contributed by atoms with E-state index in [1.165, 1.54) is 0 Å². The Bertz CT molecular complexity index is 484. The molecule has 0 amide bonds. The van der Waals surface area contributed by atoms with Gasteiger partial charge in [-0.2, -0.15) is 0 Å². The van der Waals surface area contributed by atoms with E-state index < -0.39 is 10.0 Å². The summed E-state index contributed by atoms with van der Waals surface area (Å²) in [5.41, 5.74) is 0.848. The van der Waals surface area contributed by atoms with E-state index in [1.807, 2.05) is 6.07 Å². The molecule has 1 aliphatic heterocycles. The second kappa shape index (κ2) is 4.31. The van der Waals surface area contributed by atoms with Crippen LogP contribution in [0.25, 0.3) is 0 Å². The van der Waals surface area contributed by atoms with Gasteiger partial charge in [-0.25, -0.2) is 13.1 Å². The molecule has 0 atom stereocenters. The molecular weight excluding hydrogens is 230 g/mol. The summed E-state index contributed by atoms with van der Waals surface area (Å²) in [5, 5.41) is 0. The summed E-state index contributed by atoms with van der Waals surface area (Å²) in [6.45, 7) is 2.09. The van der Waals surface area contributed by atoms with Crippen molar-refractivity contribution in [3.63, 3.8) is 0 Å². The molecule has 0 fully saturated rings. The van der Waals surface area contributed by atoms with Crippen molar-refractivity contribution in [3.05, 3.63) is 23.8 Å². The zero-order chi connectivity index (χ0) is 11.6. The number of benzene rings is 1. The molecule has 0 saturated carbocycles. The summed E-state index contributed by atoms with van der Waals surface area (Å²) in [4.78, 5) is 0. The first-order chi connectivity index (χ1) is 7.61. The predicted octanol–water partition coefficient (Wildman–Crippen LogP) is 0.855. The fraction of sp³-hybridized carbons (Fsp3) is 0.400. The zero-order valence-corrected chi connectivity index (χ0v) is 9.71. The normalized spacial score (nSPS) is 14.1. The third kappa shape index (κ3) is 2.45. The first kappa shape index (κ1) is 11.2. The molecule has 1 N–H and O–H groups in total. The summed E-state index contributed by atoms with van der Waals surface area (Å²) >= 11 is 0. The van der Waals surface area contributed by atoms with Crippen molar-refractivity contribution in [1.82, 2.24) is 4.72 Å². The van der Waals surface area contributed by atoms with E-state index in [0.717, 1.165) is 5.56 Å². The first-order valence-corrected chi connectivity index (χ1v) is 6.62. The summed E-state index contributed by atoms with van der Waals surface area (Å²) in [6, 6.07) is 5.37. The quantitative estimate of drug-likeness (QED) is 0.851.